The smallest absolute Gasteiger partial charge is 0.362 e. The topological polar surface area (TPSA) is 67.8 Å². The van der Waals surface area contributed by atoms with Crippen molar-refractivity contribution in [3.05, 3.63) is 58.9 Å². The number of fused-ring (bicyclic) bond motifs is 1. The monoisotopic (exact) mass is 363 g/mol. The highest BCUT2D eigenvalue weighted by Gasteiger charge is 2.35. The van der Waals surface area contributed by atoms with E-state index in [4.69, 9.17) is 9.05 Å². The minimum atomic E-state index is -3.49. The lowest BCUT2D eigenvalue weighted by molar-refractivity contribution is 0.266. The fourth-order valence-corrected chi connectivity index (χ4v) is 4.25. The first-order valence-corrected chi connectivity index (χ1v) is 9.21. The Labute approximate surface area is 145 Å². The second-order valence-corrected chi connectivity index (χ2v) is 7.97. The van der Waals surface area contributed by atoms with Gasteiger partial charge in [-0.25, -0.2) is 4.39 Å². The Balaban J connectivity index is 2.16. The molecule has 0 saturated carbocycles. The van der Waals surface area contributed by atoms with Crippen molar-refractivity contribution in [3.8, 4) is 0 Å². The van der Waals surface area contributed by atoms with Gasteiger partial charge >= 0.3 is 7.60 Å². The number of anilines is 1. The van der Waals surface area contributed by atoms with E-state index in [1.54, 1.807) is 24.3 Å². The van der Waals surface area contributed by atoms with Crippen molar-refractivity contribution in [1.29, 1.82) is 0 Å². The van der Waals surface area contributed by atoms with Crippen LogP contribution < -0.4 is 10.6 Å². The predicted octanol–water partition coefficient (Wildman–Crippen LogP) is 3.53. The maximum absolute atomic E-state index is 13.1. The lowest BCUT2D eigenvalue weighted by Gasteiger charge is -2.18. The van der Waals surface area contributed by atoms with Crippen molar-refractivity contribution < 1.29 is 23.1 Å². The van der Waals surface area contributed by atoms with Crippen molar-refractivity contribution in [3.63, 3.8) is 0 Å². The van der Waals surface area contributed by atoms with Crippen LogP contribution in [0.1, 0.15) is 16.7 Å². The van der Waals surface area contributed by atoms with Gasteiger partial charge in [0.25, 0.3) is 0 Å². The third-order valence-corrected chi connectivity index (χ3v) is 6.02. The molecule has 1 unspecified atom stereocenters. The van der Waals surface area contributed by atoms with Gasteiger partial charge in [-0.05, 0) is 48.4 Å². The molecule has 1 atom stereocenters. The summed E-state index contributed by atoms with van der Waals surface area (Å²) in [7, 11) is -0.856. The molecule has 0 aromatic heterocycles. The molecule has 0 aliphatic carbocycles. The van der Waals surface area contributed by atoms with Crippen LogP contribution in [-0.2, 0) is 13.6 Å². The molecule has 0 fully saturated rings. The highest BCUT2D eigenvalue weighted by atomic mass is 31.2. The van der Waals surface area contributed by atoms with E-state index >= 15 is 0 Å². The third kappa shape index (κ3) is 3.26. The summed E-state index contributed by atoms with van der Waals surface area (Å²) < 4.78 is 36.1. The number of aryl methyl sites for hydroxylation is 1. The van der Waals surface area contributed by atoms with Crippen molar-refractivity contribution in [2.24, 2.45) is 0 Å². The van der Waals surface area contributed by atoms with E-state index in [2.05, 4.69) is 5.32 Å². The lowest BCUT2D eigenvalue weighted by Crippen LogP contribution is -2.18. The second-order valence-electron chi connectivity index (χ2n) is 5.77. The maximum Gasteiger partial charge on any atom is 0.362 e. The highest BCUT2D eigenvalue weighted by molar-refractivity contribution is 7.62. The van der Waals surface area contributed by atoms with Gasteiger partial charge in [-0.2, -0.15) is 0 Å². The van der Waals surface area contributed by atoms with E-state index in [-0.39, 0.29) is 5.82 Å². The Morgan fingerprint density at radius 1 is 1.20 bits per heavy atom. The van der Waals surface area contributed by atoms with E-state index in [9.17, 15) is 14.1 Å². The molecule has 1 aliphatic rings. The van der Waals surface area contributed by atoms with Crippen molar-refractivity contribution >= 4 is 30.2 Å². The molecule has 0 spiro atoms. The minimum absolute atomic E-state index is 0.327. The molecular weight excluding hydrogens is 344 g/mol. The normalized spacial score (nSPS) is 18.3. The maximum atomic E-state index is 13.1. The first-order chi connectivity index (χ1) is 11.9. The largest absolute Gasteiger partial charge is 0.369 e. The van der Waals surface area contributed by atoms with Crippen molar-refractivity contribution in [2.75, 3.05) is 19.5 Å². The molecule has 2 aromatic rings. The summed E-state index contributed by atoms with van der Waals surface area (Å²) in [5, 5.41) is 13.7. The molecule has 1 aliphatic heterocycles. The highest BCUT2D eigenvalue weighted by Crippen LogP contribution is 2.50. The van der Waals surface area contributed by atoms with E-state index in [1.807, 2.05) is 13.0 Å². The van der Waals surface area contributed by atoms with Gasteiger partial charge in [0.05, 0.1) is 11.0 Å². The van der Waals surface area contributed by atoms with Gasteiger partial charge in [0.2, 0.25) is 0 Å². The number of hydrogen-bond acceptors (Lipinski definition) is 5. The number of aliphatic hydroxyl groups excluding tert-OH is 1. The predicted molar refractivity (Wildman–Crippen MR) is 96.3 cm³/mol. The van der Waals surface area contributed by atoms with Crippen molar-refractivity contribution in [1.82, 2.24) is 0 Å². The summed E-state index contributed by atoms with van der Waals surface area (Å²) >= 11 is 0. The van der Waals surface area contributed by atoms with Crippen molar-refractivity contribution in [2.45, 2.75) is 13.2 Å². The zero-order valence-electron chi connectivity index (χ0n) is 14.1. The molecule has 7 heteroatoms. The molecule has 2 aromatic carbocycles. The quantitative estimate of drug-likeness (QED) is 0.814. The zero-order valence-corrected chi connectivity index (χ0v) is 15.0. The number of hydrogen-bond donors (Lipinski definition) is 2. The summed E-state index contributed by atoms with van der Waals surface area (Å²) in [6.07, 6.45) is 0.777. The molecular formula is C18H19FNO4P. The van der Waals surface area contributed by atoms with Crippen LogP contribution in [0.3, 0.4) is 0 Å². The summed E-state index contributed by atoms with van der Waals surface area (Å²) in [5.74, 6) is -0.327. The Hall–Kier alpha value is -1.98. The van der Waals surface area contributed by atoms with Crippen LogP contribution in [0.15, 0.2) is 36.4 Å². The summed E-state index contributed by atoms with van der Waals surface area (Å²) in [6.45, 7) is 1.86. The van der Waals surface area contributed by atoms with Crippen LogP contribution in [0, 0.1) is 12.7 Å². The van der Waals surface area contributed by atoms with Crippen LogP contribution >= 0.6 is 7.60 Å². The van der Waals surface area contributed by atoms with Gasteiger partial charge in [0.1, 0.15) is 5.82 Å². The molecule has 0 saturated heterocycles. The van der Waals surface area contributed by atoms with Crippen LogP contribution in [-0.4, -0.2) is 25.6 Å². The molecule has 25 heavy (non-hydrogen) atoms. The first kappa shape index (κ1) is 17.8. The molecule has 0 radical (unpaired) electrons. The third-order valence-electron chi connectivity index (χ3n) is 4.12. The minimum Gasteiger partial charge on any atom is -0.369 e. The summed E-state index contributed by atoms with van der Waals surface area (Å²) in [5.41, 5.74) is 3.42. The molecule has 1 heterocycles. The molecule has 3 rings (SSSR count). The number of rotatable bonds is 4. The second kappa shape index (κ2) is 6.73. The molecule has 0 bridgehead atoms. The van der Waals surface area contributed by atoms with E-state index in [0.717, 1.165) is 11.1 Å². The molecule has 2 N–H and O–H groups in total. The van der Waals surface area contributed by atoms with E-state index < -0.39 is 13.8 Å². The van der Waals surface area contributed by atoms with Gasteiger partial charge in [-0.3, -0.25) is 4.57 Å². The van der Waals surface area contributed by atoms with Gasteiger partial charge < -0.3 is 19.5 Å². The van der Waals surface area contributed by atoms with Gasteiger partial charge in [-0.1, -0.05) is 12.1 Å². The van der Waals surface area contributed by atoms with Gasteiger partial charge in [-0.15, -0.1) is 0 Å². The van der Waals surface area contributed by atoms with Crippen LogP contribution in [0.25, 0.3) is 11.6 Å². The standard InChI is InChI=1S/C18H19FNO4P/c1-11-8-14-15(10-12-4-6-13(19)7-5-12)18(21)20-17(14)16(9-11)25(22,23-2)24-3/h4-10,18,20-21H,1-3H3/b15-10-. The number of aliphatic hydroxyl groups is 1. The fourth-order valence-electron chi connectivity index (χ4n) is 2.89. The molecule has 0 amide bonds. The Morgan fingerprint density at radius 2 is 1.84 bits per heavy atom. The Kier molecular flexibility index (Phi) is 4.80. The zero-order chi connectivity index (χ0) is 18.2. The number of halogens is 1. The number of nitrogens with one attached hydrogen (secondary N) is 1. The van der Waals surface area contributed by atoms with Gasteiger partial charge in [0, 0.05) is 25.4 Å². The van der Waals surface area contributed by atoms with E-state index in [1.165, 1.54) is 26.4 Å². The number of benzene rings is 2. The molecule has 132 valence electrons. The average Bonchev–Trinajstić information content (AvgIpc) is 2.91. The first-order valence-electron chi connectivity index (χ1n) is 7.67. The van der Waals surface area contributed by atoms with E-state index in [0.29, 0.717) is 22.1 Å². The van der Waals surface area contributed by atoms with Crippen LogP contribution in [0.4, 0.5) is 10.1 Å². The Morgan fingerprint density at radius 3 is 2.44 bits per heavy atom. The fraction of sp³-hybridized carbons (Fsp3) is 0.222. The molecule has 5 nitrogen and oxygen atoms in total. The Bertz CT molecular complexity index is 871. The van der Waals surface area contributed by atoms with Crippen LogP contribution in [0.2, 0.25) is 0 Å². The summed E-state index contributed by atoms with van der Waals surface area (Å²) in [4.78, 5) is 0. The average molecular weight is 363 g/mol. The SMILES string of the molecule is COP(=O)(OC)c1cc(C)cc2c1NC(O)/C2=C\c1ccc(F)cc1. The lowest BCUT2D eigenvalue weighted by atomic mass is 10.0. The van der Waals surface area contributed by atoms with Crippen LogP contribution in [0.5, 0.6) is 0 Å². The summed E-state index contributed by atoms with van der Waals surface area (Å²) in [6, 6.07) is 9.56. The van der Waals surface area contributed by atoms with Gasteiger partial charge in [0.15, 0.2) is 6.23 Å².